The molecular formula is C23H28Cl3N3O4S. The number of halogens is 3. The molecule has 0 saturated carbocycles. The Morgan fingerprint density at radius 1 is 1.06 bits per heavy atom. The van der Waals surface area contributed by atoms with Gasteiger partial charge in [0.15, 0.2) is 0 Å². The van der Waals surface area contributed by atoms with Crippen molar-refractivity contribution in [2.45, 2.75) is 39.3 Å². The first-order valence-corrected chi connectivity index (χ1v) is 13.7. The van der Waals surface area contributed by atoms with Crippen molar-refractivity contribution in [3.63, 3.8) is 0 Å². The van der Waals surface area contributed by atoms with E-state index in [9.17, 15) is 18.0 Å². The van der Waals surface area contributed by atoms with Crippen molar-refractivity contribution in [1.82, 2.24) is 10.2 Å². The van der Waals surface area contributed by atoms with E-state index in [0.717, 1.165) is 6.26 Å². The maximum atomic E-state index is 13.2. The fraction of sp³-hybridized carbons (Fsp3) is 0.391. The molecule has 7 nitrogen and oxygen atoms in total. The molecule has 2 aromatic rings. The molecule has 0 aromatic heterocycles. The Bertz CT molecular complexity index is 1110. The number of rotatable bonds is 11. The predicted molar refractivity (Wildman–Crippen MR) is 138 cm³/mol. The minimum Gasteiger partial charge on any atom is -0.355 e. The largest absolute Gasteiger partial charge is 0.355 e. The van der Waals surface area contributed by atoms with Crippen molar-refractivity contribution in [2.24, 2.45) is 0 Å². The number of nitrogens with zero attached hydrogens (tertiary/aromatic N) is 2. The van der Waals surface area contributed by atoms with E-state index in [0.29, 0.717) is 32.9 Å². The van der Waals surface area contributed by atoms with Crippen LogP contribution in [-0.2, 0) is 26.2 Å². The van der Waals surface area contributed by atoms with E-state index >= 15 is 0 Å². The molecule has 11 heteroatoms. The van der Waals surface area contributed by atoms with Gasteiger partial charge in [-0.2, -0.15) is 0 Å². The number of carbonyl (C=O) groups excluding carboxylic acids is 2. The van der Waals surface area contributed by atoms with E-state index in [1.165, 1.54) is 9.21 Å². The van der Waals surface area contributed by atoms with E-state index in [-0.39, 0.29) is 37.7 Å². The summed E-state index contributed by atoms with van der Waals surface area (Å²) in [7, 11) is -3.60. The Labute approximate surface area is 216 Å². The van der Waals surface area contributed by atoms with Crippen LogP contribution in [0.2, 0.25) is 15.1 Å². The summed E-state index contributed by atoms with van der Waals surface area (Å²) in [6, 6.07) is 10.7. The van der Waals surface area contributed by atoms with Crippen LogP contribution in [0.5, 0.6) is 0 Å². The molecule has 2 amide bonds. The van der Waals surface area contributed by atoms with Crippen molar-refractivity contribution in [3.05, 3.63) is 63.1 Å². The third-order valence-corrected chi connectivity index (χ3v) is 7.29. The highest BCUT2D eigenvalue weighted by Gasteiger charge is 2.27. The molecule has 0 radical (unpaired) electrons. The zero-order chi connectivity index (χ0) is 25.5. The molecule has 0 aliphatic heterocycles. The maximum absolute atomic E-state index is 13.2. The van der Waals surface area contributed by atoms with Gasteiger partial charge in [0.25, 0.3) is 0 Å². The molecule has 2 aromatic carbocycles. The molecule has 0 spiro atoms. The second-order valence-electron chi connectivity index (χ2n) is 7.71. The van der Waals surface area contributed by atoms with Crippen LogP contribution >= 0.6 is 34.8 Å². The minimum atomic E-state index is -3.60. The monoisotopic (exact) mass is 547 g/mol. The van der Waals surface area contributed by atoms with E-state index in [1.54, 1.807) is 56.3 Å². The highest BCUT2D eigenvalue weighted by atomic mass is 35.5. The lowest BCUT2D eigenvalue weighted by Gasteiger charge is -2.30. The van der Waals surface area contributed by atoms with Gasteiger partial charge < -0.3 is 10.2 Å². The number of carbonyl (C=O) groups is 2. The average Bonchev–Trinajstić information content (AvgIpc) is 2.75. The first-order chi connectivity index (χ1) is 16.0. The van der Waals surface area contributed by atoms with Crippen LogP contribution in [0, 0.1) is 0 Å². The van der Waals surface area contributed by atoms with Gasteiger partial charge in [-0.1, -0.05) is 46.9 Å². The fourth-order valence-electron chi connectivity index (χ4n) is 3.39. The van der Waals surface area contributed by atoms with Gasteiger partial charge in [0, 0.05) is 46.7 Å². The molecule has 1 N–H and O–H groups in total. The molecule has 0 saturated heterocycles. The number of likely N-dealkylation sites (N-methyl/N-ethyl adjacent to an activating group) is 1. The summed E-state index contributed by atoms with van der Waals surface area (Å²) in [5, 5.41) is 3.89. The van der Waals surface area contributed by atoms with Crippen molar-refractivity contribution in [3.8, 4) is 0 Å². The van der Waals surface area contributed by atoms with Gasteiger partial charge in [-0.05, 0) is 50.6 Å². The highest BCUT2D eigenvalue weighted by molar-refractivity contribution is 7.92. The van der Waals surface area contributed by atoms with Gasteiger partial charge in [-0.25, -0.2) is 8.42 Å². The minimum absolute atomic E-state index is 0.0123. The number of hydrogen-bond acceptors (Lipinski definition) is 4. The first kappa shape index (κ1) is 28.2. The fourth-order valence-corrected chi connectivity index (χ4v) is 5.05. The first-order valence-electron chi connectivity index (χ1n) is 10.7. The summed E-state index contributed by atoms with van der Waals surface area (Å²) in [6.45, 7) is 3.95. The molecule has 0 bridgehead atoms. The summed E-state index contributed by atoms with van der Waals surface area (Å²) >= 11 is 18.6. The van der Waals surface area contributed by atoms with Crippen LogP contribution < -0.4 is 9.62 Å². The standard InChI is InChI=1S/C23H28Cl3N3O4S/c1-4-27-23(31)16(2)28(15-19-20(25)10-6-11-21(19)26)22(30)12-7-13-29(34(3,32)33)18-9-5-8-17(24)14-18/h5-6,8-11,14,16H,4,7,12-13,15H2,1-3H3,(H,27,31)/t16-/m0/s1. The van der Waals surface area contributed by atoms with Gasteiger partial charge in [0.2, 0.25) is 21.8 Å². The molecule has 0 heterocycles. The van der Waals surface area contributed by atoms with Crippen molar-refractivity contribution >= 4 is 62.3 Å². The van der Waals surface area contributed by atoms with E-state index in [4.69, 9.17) is 34.8 Å². The lowest BCUT2D eigenvalue weighted by Crippen LogP contribution is -2.47. The normalized spacial score (nSPS) is 12.2. The van der Waals surface area contributed by atoms with Gasteiger partial charge in [0.1, 0.15) is 6.04 Å². The van der Waals surface area contributed by atoms with Crippen LogP contribution in [0.3, 0.4) is 0 Å². The third-order valence-electron chi connectivity index (χ3n) is 5.16. The smallest absolute Gasteiger partial charge is 0.242 e. The van der Waals surface area contributed by atoms with E-state index < -0.39 is 16.1 Å². The number of sulfonamides is 1. The van der Waals surface area contributed by atoms with Gasteiger partial charge >= 0.3 is 0 Å². The van der Waals surface area contributed by atoms with E-state index in [1.807, 2.05) is 0 Å². The number of amides is 2. The zero-order valence-electron chi connectivity index (χ0n) is 19.2. The summed E-state index contributed by atoms with van der Waals surface area (Å²) in [4.78, 5) is 27.1. The maximum Gasteiger partial charge on any atom is 0.242 e. The van der Waals surface area contributed by atoms with Crippen molar-refractivity contribution in [2.75, 3.05) is 23.7 Å². The number of anilines is 1. The van der Waals surface area contributed by atoms with Crippen molar-refractivity contribution < 1.29 is 18.0 Å². The van der Waals surface area contributed by atoms with E-state index in [2.05, 4.69) is 5.32 Å². The van der Waals surface area contributed by atoms with Crippen LogP contribution in [-0.4, -0.2) is 50.5 Å². The average molecular weight is 549 g/mol. The zero-order valence-corrected chi connectivity index (χ0v) is 22.3. The Hall–Kier alpha value is -2.00. The Kier molecular flexibility index (Phi) is 10.5. The number of benzene rings is 2. The highest BCUT2D eigenvalue weighted by Crippen LogP contribution is 2.27. The molecule has 34 heavy (non-hydrogen) atoms. The number of nitrogens with one attached hydrogen (secondary N) is 1. The molecule has 0 unspecified atom stereocenters. The Balaban J connectivity index is 2.21. The van der Waals surface area contributed by atoms with Crippen molar-refractivity contribution in [1.29, 1.82) is 0 Å². The molecule has 1 atom stereocenters. The van der Waals surface area contributed by atoms with Crippen LogP contribution in [0.4, 0.5) is 5.69 Å². The Morgan fingerprint density at radius 2 is 1.68 bits per heavy atom. The lowest BCUT2D eigenvalue weighted by molar-refractivity contribution is -0.140. The quantitative estimate of drug-likeness (QED) is 0.439. The molecule has 0 fully saturated rings. The SMILES string of the molecule is CCNC(=O)[C@H](C)N(Cc1c(Cl)cccc1Cl)C(=O)CCCN(c1cccc(Cl)c1)S(C)(=O)=O. The van der Waals surface area contributed by atoms with Gasteiger partial charge in [-0.3, -0.25) is 13.9 Å². The summed E-state index contributed by atoms with van der Waals surface area (Å²) in [6.07, 6.45) is 1.34. The topological polar surface area (TPSA) is 86.8 Å². The molecule has 0 aliphatic carbocycles. The molecular weight excluding hydrogens is 521 g/mol. The van der Waals surface area contributed by atoms with Crippen LogP contribution in [0.15, 0.2) is 42.5 Å². The third kappa shape index (κ3) is 7.77. The second kappa shape index (κ2) is 12.6. The van der Waals surface area contributed by atoms with Gasteiger partial charge in [-0.15, -0.1) is 0 Å². The molecule has 0 aliphatic rings. The van der Waals surface area contributed by atoms with Gasteiger partial charge in [0.05, 0.1) is 11.9 Å². The molecule has 2 rings (SSSR count). The Morgan fingerprint density at radius 3 is 2.24 bits per heavy atom. The van der Waals surface area contributed by atoms with Crippen LogP contribution in [0.25, 0.3) is 0 Å². The number of hydrogen-bond donors (Lipinski definition) is 1. The lowest BCUT2D eigenvalue weighted by atomic mass is 10.1. The summed E-state index contributed by atoms with van der Waals surface area (Å²) < 4.78 is 25.9. The second-order valence-corrected chi connectivity index (χ2v) is 10.9. The predicted octanol–water partition coefficient (Wildman–Crippen LogP) is 4.75. The summed E-state index contributed by atoms with van der Waals surface area (Å²) in [5.74, 6) is -0.634. The summed E-state index contributed by atoms with van der Waals surface area (Å²) in [5.41, 5.74) is 0.949. The van der Waals surface area contributed by atoms with Crippen LogP contribution in [0.1, 0.15) is 32.3 Å². The molecule has 186 valence electrons.